The highest BCUT2D eigenvalue weighted by Gasteiger charge is 2.37. The van der Waals surface area contributed by atoms with Crippen molar-refractivity contribution >= 4 is 17.5 Å². The summed E-state index contributed by atoms with van der Waals surface area (Å²) in [6.07, 6.45) is 0.530. The van der Waals surface area contributed by atoms with E-state index < -0.39 is 12.7 Å². The molecule has 1 aliphatic heterocycles. The first kappa shape index (κ1) is 17.8. The van der Waals surface area contributed by atoms with Gasteiger partial charge in [-0.15, -0.1) is 0 Å². The highest BCUT2D eigenvalue weighted by atomic mass is 19.3. The number of carbonyl (C=O) groups is 2. The fraction of sp³-hybridized carbons (Fsp3) is 0.263. The molecule has 2 aromatic carbocycles. The fourth-order valence-corrected chi connectivity index (χ4v) is 3.01. The molecule has 1 heterocycles. The predicted molar refractivity (Wildman–Crippen MR) is 92.4 cm³/mol. The molecule has 3 rings (SSSR count). The van der Waals surface area contributed by atoms with Gasteiger partial charge in [0.05, 0.1) is 0 Å². The first-order valence-corrected chi connectivity index (χ1v) is 8.16. The third kappa shape index (κ3) is 3.66. The van der Waals surface area contributed by atoms with Crippen molar-refractivity contribution in [1.82, 2.24) is 4.90 Å². The Morgan fingerprint density at radius 2 is 1.81 bits per heavy atom. The van der Waals surface area contributed by atoms with Crippen LogP contribution in [0.15, 0.2) is 54.6 Å². The van der Waals surface area contributed by atoms with Crippen LogP contribution < -0.4 is 9.64 Å². The minimum absolute atomic E-state index is 0.0219. The van der Waals surface area contributed by atoms with E-state index in [9.17, 15) is 18.4 Å². The highest BCUT2D eigenvalue weighted by molar-refractivity contribution is 6.03. The molecule has 1 aliphatic rings. The molecule has 0 spiro atoms. The number of amides is 2. The summed E-state index contributed by atoms with van der Waals surface area (Å²) in [7, 11) is 1.57. The maximum atomic E-state index is 12.7. The van der Waals surface area contributed by atoms with Gasteiger partial charge in [-0.05, 0) is 42.8 Å². The van der Waals surface area contributed by atoms with Crippen LogP contribution in [0.1, 0.15) is 16.8 Å². The quantitative estimate of drug-likeness (QED) is 0.823. The molecule has 0 aromatic heterocycles. The zero-order chi connectivity index (χ0) is 18.7. The van der Waals surface area contributed by atoms with E-state index in [1.807, 2.05) is 30.3 Å². The minimum Gasteiger partial charge on any atom is -0.435 e. The number of ether oxygens (including phenoxy) is 1. The highest BCUT2D eigenvalue weighted by Crippen LogP contribution is 2.25. The Balaban J connectivity index is 1.70. The molecular weight excluding hydrogens is 342 g/mol. The van der Waals surface area contributed by atoms with Crippen LogP contribution in [0.4, 0.5) is 14.5 Å². The van der Waals surface area contributed by atoms with Crippen LogP contribution in [-0.2, 0) is 4.79 Å². The van der Waals surface area contributed by atoms with E-state index in [1.165, 1.54) is 29.2 Å². The Labute approximate surface area is 149 Å². The van der Waals surface area contributed by atoms with Crippen LogP contribution in [0.3, 0.4) is 0 Å². The molecule has 26 heavy (non-hydrogen) atoms. The number of hydrogen-bond donors (Lipinski definition) is 0. The molecule has 5 nitrogen and oxygen atoms in total. The topological polar surface area (TPSA) is 49.9 Å². The van der Waals surface area contributed by atoms with Gasteiger partial charge < -0.3 is 14.5 Å². The summed E-state index contributed by atoms with van der Waals surface area (Å²) < 4.78 is 28.7. The minimum atomic E-state index is -2.92. The zero-order valence-electron chi connectivity index (χ0n) is 14.1. The van der Waals surface area contributed by atoms with Crippen LogP contribution in [-0.4, -0.2) is 43.0 Å². The number of nitrogens with zero attached hydrogens (tertiary/aromatic N) is 2. The van der Waals surface area contributed by atoms with E-state index in [4.69, 9.17) is 0 Å². The Kier molecular flexibility index (Phi) is 5.16. The number of hydrogen-bond acceptors (Lipinski definition) is 3. The molecule has 0 unspecified atom stereocenters. The number of likely N-dealkylation sites (N-methyl/N-ethyl adjacent to an activating group) is 1. The van der Waals surface area contributed by atoms with Crippen LogP contribution in [0, 0.1) is 0 Å². The Morgan fingerprint density at radius 3 is 2.42 bits per heavy atom. The van der Waals surface area contributed by atoms with Gasteiger partial charge in [0, 0.05) is 24.8 Å². The largest absolute Gasteiger partial charge is 0.435 e. The molecule has 0 saturated carbocycles. The van der Waals surface area contributed by atoms with Gasteiger partial charge >= 0.3 is 6.61 Å². The lowest BCUT2D eigenvalue weighted by molar-refractivity contribution is -0.120. The third-order valence-corrected chi connectivity index (χ3v) is 4.36. The van der Waals surface area contributed by atoms with Crippen LogP contribution in [0.25, 0.3) is 0 Å². The lowest BCUT2D eigenvalue weighted by Crippen LogP contribution is -2.43. The second-order valence-electron chi connectivity index (χ2n) is 5.95. The summed E-state index contributed by atoms with van der Waals surface area (Å²) in [5.41, 5.74) is 1.11. The molecule has 0 aliphatic carbocycles. The monoisotopic (exact) mass is 360 g/mol. The lowest BCUT2D eigenvalue weighted by Gasteiger charge is -2.24. The van der Waals surface area contributed by atoms with Crippen molar-refractivity contribution in [1.29, 1.82) is 0 Å². The SMILES string of the molecule is CN(C(=O)c1ccc(OC(F)F)cc1)[C@H]1CCN(c2ccccc2)C1=O. The van der Waals surface area contributed by atoms with Gasteiger partial charge in [-0.3, -0.25) is 9.59 Å². The Morgan fingerprint density at radius 1 is 1.15 bits per heavy atom. The summed E-state index contributed by atoms with van der Waals surface area (Å²) in [6.45, 7) is -2.38. The number of alkyl halides is 2. The predicted octanol–water partition coefficient (Wildman–Crippen LogP) is 3.17. The van der Waals surface area contributed by atoms with Crippen LogP contribution in [0.5, 0.6) is 5.75 Å². The van der Waals surface area contributed by atoms with Gasteiger partial charge in [0.15, 0.2) is 0 Å². The molecule has 1 saturated heterocycles. The van der Waals surface area contributed by atoms with Gasteiger partial charge in [0.25, 0.3) is 5.91 Å². The summed E-state index contributed by atoms with van der Waals surface area (Å²) in [6, 6.07) is 14.2. The van der Waals surface area contributed by atoms with Crippen LogP contribution >= 0.6 is 0 Å². The second-order valence-corrected chi connectivity index (χ2v) is 5.95. The normalized spacial score (nSPS) is 16.8. The van der Waals surface area contributed by atoms with Crippen LogP contribution in [0.2, 0.25) is 0 Å². The average molecular weight is 360 g/mol. The number of halogens is 2. The summed E-state index contributed by atoms with van der Waals surface area (Å²) >= 11 is 0. The van der Waals surface area contributed by atoms with E-state index in [1.54, 1.807) is 11.9 Å². The Hall–Kier alpha value is -2.96. The molecule has 1 fully saturated rings. The van der Waals surface area contributed by atoms with Gasteiger partial charge in [0.1, 0.15) is 11.8 Å². The molecular formula is C19H18F2N2O3. The maximum Gasteiger partial charge on any atom is 0.387 e. The van der Waals surface area contributed by atoms with E-state index in [0.717, 1.165) is 5.69 Å². The molecule has 0 N–H and O–H groups in total. The van der Waals surface area contributed by atoms with E-state index in [0.29, 0.717) is 18.5 Å². The first-order valence-electron chi connectivity index (χ1n) is 8.16. The number of carbonyl (C=O) groups excluding carboxylic acids is 2. The third-order valence-electron chi connectivity index (χ3n) is 4.36. The van der Waals surface area contributed by atoms with E-state index in [2.05, 4.69) is 4.74 Å². The average Bonchev–Trinajstić information content (AvgIpc) is 3.03. The lowest BCUT2D eigenvalue weighted by atomic mass is 10.1. The van der Waals surface area contributed by atoms with Gasteiger partial charge in [-0.25, -0.2) is 0 Å². The standard InChI is InChI=1S/C19H18F2N2O3/c1-22(17(24)13-7-9-15(10-8-13)26-19(20)21)16-11-12-23(18(16)25)14-5-3-2-4-6-14/h2-10,16,19H,11-12H2,1H3/t16-/m0/s1. The number of para-hydroxylation sites is 1. The molecule has 136 valence electrons. The summed E-state index contributed by atoms with van der Waals surface area (Å²) in [5, 5.41) is 0. The van der Waals surface area contributed by atoms with Crippen molar-refractivity contribution in [3.63, 3.8) is 0 Å². The van der Waals surface area contributed by atoms with Gasteiger partial charge in [0.2, 0.25) is 5.91 Å². The molecule has 7 heteroatoms. The van der Waals surface area contributed by atoms with Gasteiger partial charge in [-0.2, -0.15) is 8.78 Å². The number of anilines is 1. The molecule has 1 atom stereocenters. The number of rotatable bonds is 5. The smallest absolute Gasteiger partial charge is 0.387 e. The second kappa shape index (κ2) is 7.51. The summed E-state index contributed by atoms with van der Waals surface area (Å²) in [4.78, 5) is 28.4. The van der Waals surface area contributed by atoms with Crippen molar-refractivity contribution in [3.05, 3.63) is 60.2 Å². The molecule has 0 bridgehead atoms. The van der Waals surface area contributed by atoms with Crippen molar-refractivity contribution in [2.75, 3.05) is 18.5 Å². The van der Waals surface area contributed by atoms with Crippen molar-refractivity contribution in [2.45, 2.75) is 19.1 Å². The van der Waals surface area contributed by atoms with E-state index in [-0.39, 0.29) is 17.6 Å². The first-order chi connectivity index (χ1) is 12.5. The van der Waals surface area contributed by atoms with Crippen molar-refractivity contribution < 1.29 is 23.1 Å². The zero-order valence-corrected chi connectivity index (χ0v) is 14.1. The Bertz CT molecular complexity index is 781. The van der Waals surface area contributed by atoms with Gasteiger partial charge in [-0.1, -0.05) is 18.2 Å². The molecule has 0 radical (unpaired) electrons. The number of benzene rings is 2. The van der Waals surface area contributed by atoms with Crippen molar-refractivity contribution in [3.8, 4) is 5.75 Å². The molecule has 2 aromatic rings. The molecule has 2 amide bonds. The van der Waals surface area contributed by atoms with Crippen molar-refractivity contribution in [2.24, 2.45) is 0 Å². The fourth-order valence-electron chi connectivity index (χ4n) is 3.01. The summed E-state index contributed by atoms with van der Waals surface area (Å²) in [5.74, 6) is -0.502. The van der Waals surface area contributed by atoms with E-state index >= 15 is 0 Å². The maximum absolute atomic E-state index is 12.7.